The van der Waals surface area contributed by atoms with E-state index in [4.69, 9.17) is 4.74 Å². The van der Waals surface area contributed by atoms with Crippen molar-refractivity contribution >= 4 is 11.8 Å². The van der Waals surface area contributed by atoms with Gasteiger partial charge in [-0.3, -0.25) is 9.59 Å². The number of hydrogen-bond acceptors (Lipinski definition) is 3. The molecule has 0 unspecified atom stereocenters. The number of amides is 2. The molecule has 22 heavy (non-hydrogen) atoms. The quantitative estimate of drug-likeness (QED) is 0.780. The summed E-state index contributed by atoms with van der Waals surface area (Å²) in [5, 5.41) is 0. The van der Waals surface area contributed by atoms with E-state index in [2.05, 4.69) is 0 Å². The van der Waals surface area contributed by atoms with Crippen LogP contribution in [0, 0.1) is 6.92 Å². The summed E-state index contributed by atoms with van der Waals surface area (Å²) in [5.74, 6) is 1.07. The lowest BCUT2D eigenvalue weighted by molar-refractivity contribution is -0.138. The van der Waals surface area contributed by atoms with Crippen molar-refractivity contribution in [2.24, 2.45) is 0 Å². The molecule has 0 spiro atoms. The van der Waals surface area contributed by atoms with Gasteiger partial charge in [0.1, 0.15) is 5.75 Å². The van der Waals surface area contributed by atoms with Crippen molar-refractivity contribution in [1.82, 2.24) is 9.80 Å². The average Bonchev–Trinajstić information content (AvgIpc) is 2.53. The number of piperazine rings is 1. The van der Waals surface area contributed by atoms with Crippen LogP contribution in [0.2, 0.25) is 0 Å². The van der Waals surface area contributed by atoms with Crippen LogP contribution < -0.4 is 4.74 Å². The van der Waals surface area contributed by atoms with E-state index in [1.165, 1.54) is 5.56 Å². The van der Waals surface area contributed by atoms with Crippen LogP contribution in [0.1, 0.15) is 25.3 Å². The standard InChI is InChI=1S/C17H24N2O3/c1-14-5-7-16(8-6-14)22-13-3-4-17(21)19-11-9-18(10-12-19)15(2)20/h5-8H,3-4,9-13H2,1-2H3. The Morgan fingerprint density at radius 1 is 1.05 bits per heavy atom. The minimum atomic E-state index is 0.0820. The normalized spacial score (nSPS) is 14.8. The molecule has 0 radical (unpaired) electrons. The van der Waals surface area contributed by atoms with Crippen LogP contribution in [-0.2, 0) is 9.59 Å². The van der Waals surface area contributed by atoms with E-state index in [1.807, 2.05) is 36.1 Å². The molecule has 1 aromatic rings. The molecule has 1 fully saturated rings. The lowest BCUT2D eigenvalue weighted by Gasteiger charge is -2.34. The van der Waals surface area contributed by atoms with Gasteiger partial charge in [0.2, 0.25) is 11.8 Å². The van der Waals surface area contributed by atoms with Crippen LogP contribution in [0.4, 0.5) is 0 Å². The summed E-state index contributed by atoms with van der Waals surface area (Å²) in [6.07, 6.45) is 1.20. The maximum Gasteiger partial charge on any atom is 0.222 e. The minimum absolute atomic E-state index is 0.0820. The maximum atomic E-state index is 12.1. The van der Waals surface area contributed by atoms with Gasteiger partial charge in [0, 0.05) is 39.5 Å². The van der Waals surface area contributed by atoms with Gasteiger partial charge < -0.3 is 14.5 Å². The fourth-order valence-corrected chi connectivity index (χ4v) is 2.48. The summed E-state index contributed by atoms with van der Waals surface area (Å²) in [4.78, 5) is 27.0. The molecule has 1 saturated heterocycles. The zero-order chi connectivity index (χ0) is 15.9. The predicted octanol–water partition coefficient (Wildman–Crippen LogP) is 1.84. The monoisotopic (exact) mass is 304 g/mol. The van der Waals surface area contributed by atoms with Crippen LogP contribution in [0.15, 0.2) is 24.3 Å². The van der Waals surface area contributed by atoms with Gasteiger partial charge in [-0.25, -0.2) is 0 Å². The second-order valence-electron chi connectivity index (χ2n) is 5.65. The molecule has 0 aromatic heterocycles. The number of aryl methyl sites for hydroxylation is 1. The van der Waals surface area contributed by atoms with Crippen molar-refractivity contribution in [2.75, 3.05) is 32.8 Å². The van der Waals surface area contributed by atoms with Gasteiger partial charge in [0.25, 0.3) is 0 Å². The van der Waals surface area contributed by atoms with Crippen LogP contribution in [0.25, 0.3) is 0 Å². The van der Waals surface area contributed by atoms with Crippen molar-refractivity contribution < 1.29 is 14.3 Å². The number of carbonyl (C=O) groups is 2. The largest absolute Gasteiger partial charge is 0.494 e. The molecule has 2 rings (SSSR count). The molecule has 0 bridgehead atoms. The third-order valence-corrected chi connectivity index (χ3v) is 3.90. The van der Waals surface area contributed by atoms with E-state index in [1.54, 1.807) is 11.8 Å². The summed E-state index contributed by atoms with van der Waals surface area (Å²) in [6, 6.07) is 7.90. The average molecular weight is 304 g/mol. The molecule has 120 valence electrons. The Morgan fingerprint density at radius 2 is 1.64 bits per heavy atom. The molecule has 1 aliphatic rings. The lowest BCUT2D eigenvalue weighted by Crippen LogP contribution is -2.50. The van der Waals surface area contributed by atoms with Gasteiger partial charge in [-0.2, -0.15) is 0 Å². The lowest BCUT2D eigenvalue weighted by atomic mass is 10.2. The highest BCUT2D eigenvalue weighted by Gasteiger charge is 2.21. The Bertz CT molecular complexity index is 505. The smallest absolute Gasteiger partial charge is 0.222 e. The molecule has 0 atom stereocenters. The van der Waals surface area contributed by atoms with Gasteiger partial charge in [-0.1, -0.05) is 17.7 Å². The Morgan fingerprint density at radius 3 is 2.23 bits per heavy atom. The first-order valence-electron chi connectivity index (χ1n) is 7.79. The fourth-order valence-electron chi connectivity index (χ4n) is 2.48. The van der Waals surface area contributed by atoms with Gasteiger partial charge >= 0.3 is 0 Å². The minimum Gasteiger partial charge on any atom is -0.494 e. The van der Waals surface area contributed by atoms with Gasteiger partial charge in [-0.15, -0.1) is 0 Å². The second-order valence-corrected chi connectivity index (χ2v) is 5.65. The number of rotatable bonds is 5. The molecular weight excluding hydrogens is 280 g/mol. The predicted molar refractivity (Wildman–Crippen MR) is 84.7 cm³/mol. The number of benzene rings is 1. The van der Waals surface area contributed by atoms with E-state index in [0.29, 0.717) is 45.6 Å². The number of ether oxygens (including phenoxy) is 1. The zero-order valence-electron chi connectivity index (χ0n) is 13.4. The first kappa shape index (κ1) is 16.3. The van der Waals surface area contributed by atoms with Gasteiger partial charge in [0.15, 0.2) is 0 Å². The van der Waals surface area contributed by atoms with Crippen LogP contribution in [0.5, 0.6) is 5.75 Å². The molecule has 0 N–H and O–H groups in total. The van der Waals surface area contributed by atoms with Gasteiger partial charge in [-0.05, 0) is 25.5 Å². The Balaban J connectivity index is 1.64. The van der Waals surface area contributed by atoms with E-state index in [0.717, 1.165) is 5.75 Å². The molecule has 2 amide bonds. The van der Waals surface area contributed by atoms with E-state index in [-0.39, 0.29) is 11.8 Å². The molecule has 5 heteroatoms. The van der Waals surface area contributed by atoms with E-state index >= 15 is 0 Å². The maximum absolute atomic E-state index is 12.1. The zero-order valence-corrected chi connectivity index (χ0v) is 13.4. The summed E-state index contributed by atoms with van der Waals surface area (Å²) in [7, 11) is 0. The first-order chi connectivity index (χ1) is 10.6. The second kappa shape index (κ2) is 7.82. The topological polar surface area (TPSA) is 49.9 Å². The Kier molecular flexibility index (Phi) is 5.81. The third kappa shape index (κ3) is 4.76. The Labute approximate surface area is 131 Å². The fraction of sp³-hybridized carbons (Fsp3) is 0.529. The highest BCUT2D eigenvalue weighted by molar-refractivity contribution is 5.77. The van der Waals surface area contributed by atoms with Crippen molar-refractivity contribution in [3.05, 3.63) is 29.8 Å². The van der Waals surface area contributed by atoms with Crippen molar-refractivity contribution in [2.45, 2.75) is 26.7 Å². The molecule has 0 saturated carbocycles. The van der Waals surface area contributed by atoms with Crippen LogP contribution in [0.3, 0.4) is 0 Å². The molecule has 1 aliphatic heterocycles. The molecule has 1 heterocycles. The third-order valence-electron chi connectivity index (χ3n) is 3.90. The molecule has 1 aromatic carbocycles. The number of carbonyl (C=O) groups excluding carboxylic acids is 2. The highest BCUT2D eigenvalue weighted by Crippen LogP contribution is 2.12. The molecule has 0 aliphatic carbocycles. The van der Waals surface area contributed by atoms with Crippen molar-refractivity contribution in [3.8, 4) is 5.75 Å². The van der Waals surface area contributed by atoms with E-state index < -0.39 is 0 Å². The number of nitrogens with zero attached hydrogens (tertiary/aromatic N) is 2. The summed E-state index contributed by atoms with van der Waals surface area (Å²) >= 11 is 0. The van der Waals surface area contributed by atoms with Crippen molar-refractivity contribution in [1.29, 1.82) is 0 Å². The molecular formula is C17H24N2O3. The van der Waals surface area contributed by atoms with E-state index in [9.17, 15) is 9.59 Å². The van der Waals surface area contributed by atoms with Gasteiger partial charge in [0.05, 0.1) is 6.61 Å². The van der Waals surface area contributed by atoms with Crippen molar-refractivity contribution in [3.63, 3.8) is 0 Å². The summed E-state index contributed by atoms with van der Waals surface area (Å²) < 4.78 is 5.62. The van der Waals surface area contributed by atoms with Crippen LogP contribution in [-0.4, -0.2) is 54.4 Å². The highest BCUT2D eigenvalue weighted by atomic mass is 16.5. The molecule has 5 nitrogen and oxygen atoms in total. The summed E-state index contributed by atoms with van der Waals surface area (Å²) in [6.45, 7) is 6.70. The number of hydrogen-bond donors (Lipinski definition) is 0. The van der Waals surface area contributed by atoms with Crippen LogP contribution >= 0.6 is 0 Å². The summed E-state index contributed by atoms with van der Waals surface area (Å²) in [5.41, 5.74) is 1.20. The Hall–Kier alpha value is -2.04. The SMILES string of the molecule is CC(=O)N1CCN(C(=O)CCCOc2ccc(C)cc2)CC1. The first-order valence-corrected chi connectivity index (χ1v) is 7.79.